The second kappa shape index (κ2) is 11.4. The summed E-state index contributed by atoms with van der Waals surface area (Å²) < 4.78 is 5.15. The number of rotatable bonds is 8. The molecule has 2 rings (SSSR count). The maximum absolute atomic E-state index is 12.1. The van der Waals surface area contributed by atoms with E-state index in [2.05, 4.69) is 20.9 Å². The Morgan fingerprint density at radius 2 is 1.71 bits per heavy atom. The van der Waals surface area contributed by atoms with Crippen LogP contribution in [0.25, 0.3) is 0 Å². The number of nitrogens with zero attached hydrogens (tertiary/aromatic N) is 1. The highest BCUT2D eigenvalue weighted by Gasteiger charge is 2.08. The summed E-state index contributed by atoms with van der Waals surface area (Å²) in [6, 6.07) is 12.6. The first-order chi connectivity index (χ1) is 13.5. The Bertz CT molecular complexity index is 828. The number of amides is 1. The molecule has 0 unspecified atom stereocenters. The van der Waals surface area contributed by atoms with Gasteiger partial charge in [0.25, 0.3) is 5.91 Å². The molecule has 2 aromatic carbocycles. The van der Waals surface area contributed by atoms with Gasteiger partial charge in [-0.1, -0.05) is 41.4 Å². The number of methoxy groups -OCH3 is 1. The van der Waals surface area contributed by atoms with Crippen LogP contribution in [0.3, 0.4) is 0 Å². The molecular weight excluding hydrogens is 399 g/mol. The quantitative estimate of drug-likeness (QED) is 0.347. The largest absolute Gasteiger partial charge is 0.497 e. The molecule has 8 heteroatoms. The van der Waals surface area contributed by atoms with Crippen LogP contribution in [0.4, 0.5) is 0 Å². The van der Waals surface area contributed by atoms with E-state index in [1.54, 1.807) is 44.5 Å². The molecule has 6 nitrogen and oxygen atoms in total. The van der Waals surface area contributed by atoms with Gasteiger partial charge >= 0.3 is 0 Å². The van der Waals surface area contributed by atoms with Crippen LogP contribution in [0.5, 0.6) is 5.75 Å². The van der Waals surface area contributed by atoms with E-state index in [0.29, 0.717) is 41.2 Å². The number of ether oxygens (including phenoxy) is 1. The van der Waals surface area contributed by atoms with E-state index < -0.39 is 0 Å². The molecule has 0 heterocycles. The lowest BCUT2D eigenvalue weighted by atomic mass is 10.1. The number of benzene rings is 2. The van der Waals surface area contributed by atoms with Crippen molar-refractivity contribution >= 4 is 35.1 Å². The number of aliphatic imine (C=N–C) groups is 1. The number of hydrogen-bond donors (Lipinski definition) is 3. The zero-order chi connectivity index (χ0) is 20.4. The third kappa shape index (κ3) is 6.62. The number of nitrogens with one attached hydrogen (secondary N) is 3. The van der Waals surface area contributed by atoms with E-state index in [1.807, 2.05) is 12.1 Å². The first-order valence-corrected chi connectivity index (χ1v) is 9.60. The zero-order valence-corrected chi connectivity index (χ0v) is 17.4. The average Bonchev–Trinajstić information content (AvgIpc) is 2.70. The Balaban J connectivity index is 1.70. The molecule has 150 valence electrons. The van der Waals surface area contributed by atoms with Gasteiger partial charge in [0.05, 0.1) is 17.7 Å². The minimum Gasteiger partial charge on any atom is -0.497 e. The van der Waals surface area contributed by atoms with Crippen LogP contribution >= 0.6 is 23.2 Å². The summed E-state index contributed by atoms with van der Waals surface area (Å²) in [6.45, 7) is 1.63. The van der Waals surface area contributed by atoms with Crippen LogP contribution in [0.2, 0.25) is 10.0 Å². The average molecular weight is 423 g/mol. The molecule has 0 saturated carbocycles. The fraction of sp³-hybridized carbons (Fsp3) is 0.300. The molecule has 1 amide bonds. The van der Waals surface area contributed by atoms with Crippen molar-refractivity contribution in [1.29, 1.82) is 0 Å². The third-order valence-corrected chi connectivity index (χ3v) is 4.67. The lowest BCUT2D eigenvalue weighted by Gasteiger charge is -2.13. The van der Waals surface area contributed by atoms with Gasteiger partial charge < -0.3 is 20.7 Å². The second-order valence-corrected chi connectivity index (χ2v) is 6.68. The Morgan fingerprint density at radius 3 is 2.39 bits per heavy atom. The van der Waals surface area contributed by atoms with Crippen LogP contribution in [-0.2, 0) is 6.42 Å². The van der Waals surface area contributed by atoms with Crippen molar-refractivity contribution in [2.24, 2.45) is 4.99 Å². The summed E-state index contributed by atoms with van der Waals surface area (Å²) in [6.07, 6.45) is 0.743. The predicted octanol–water partition coefficient (Wildman–Crippen LogP) is 3.14. The fourth-order valence-electron chi connectivity index (χ4n) is 2.49. The van der Waals surface area contributed by atoms with Gasteiger partial charge in [0.1, 0.15) is 5.75 Å². The summed E-state index contributed by atoms with van der Waals surface area (Å²) in [5.41, 5.74) is 1.49. The van der Waals surface area contributed by atoms with Crippen LogP contribution in [0.1, 0.15) is 15.9 Å². The third-order valence-electron chi connectivity index (χ3n) is 3.99. The van der Waals surface area contributed by atoms with Gasteiger partial charge in [-0.3, -0.25) is 9.79 Å². The minimum atomic E-state index is -0.204. The van der Waals surface area contributed by atoms with Gasteiger partial charge in [-0.25, -0.2) is 0 Å². The molecule has 0 radical (unpaired) electrons. The molecule has 0 aliphatic rings. The lowest BCUT2D eigenvalue weighted by molar-refractivity contribution is 0.0954. The van der Waals surface area contributed by atoms with Crippen molar-refractivity contribution < 1.29 is 9.53 Å². The molecule has 2 aromatic rings. The minimum absolute atomic E-state index is 0.204. The van der Waals surface area contributed by atoms with Crippen molar-refractivity contribution in [3.63, 3.8) is 0 Å². The van der Waals surface area contributed by atoms with Crippen LogP contribution in [-0.4, -0.2) is 45.7 Å². The normalized spacial score (nSPS) is 11.1. The van der Waals surface area contributed by atoms with Crippen LogP contribution in [0.15, 0.2) is 47.5 Å². The molecule has 0 aliphatic heterocycles. The molecule has 0 atom stereocenters. The number of carbonyl (C=O) groups excluding carboxylic acids is 1. The van der Waals surface area contributed by atoms with Gasteiger partial charge in [0.15, 0.2) is 5.96 Å². The fourth-order valence-corrected chi connectivity index (χ4v) is 2.98. The van der Waals surface area contributed by atoms with Gasteiger partial charge in [0.2, 0.25) is 0 Å². The SMILES string of the molecule is CN=C(NCCNC(=O)c1ccccc1Cl)NCCc1ccc(OC)cc1Cl. The van der Waals surface area contributed by atoms with Crippen molar-refractivity contribution in [3.05, 3.63) is 63.6 Å². The Hall–Kier alpha value is -2.44. The molecule has 28 heavy (non-hydrogen) atoms. The topological polar surface area (TPSA) is 74.8 Å². The molecular formula is C20H24Cl2N4O2. The standard InChI is InChI=1S/C20H24Cl2N4O2/c1-23-20(25-10-9-14-7-8-15(28-2)13-18(14)22)26-12-11-24-19(27)16-5-3-4-6-17(16)21/h3-8,13H,9-12H2,1-2H3,(H,24,27)(H2,23,25,26). The van der Waals surface area contributed by atoms with Crippen LogP contribution in [0, 0.1) is 0 Å². The lowest BCUT2D eigenvalue weighted by Crippen LogP contribution is -2.42. The molecule has 0 saturated heterocycles. The molecule has 3 N–H and O–H groups in total. The molecule has 0 aromatic heterocycles. The summed E-state index contributed by atoms with van der Waals surface area (Å²) in [7, 11) is 3.30. The molecule has 0 bridgehead atoms. The summed E-state index contributed by atoms with van der Waals surface area (Å²) in [4.78, 5) is 16.3. The number of halogens is 2. The second-order valence-electron chi connectivity index (χ2n) is 5.87. The van der Waals surface area contributed by atoms with E-state index in [4.69, 9.17) is 27.9 Å². The monoisotopic (exact) mass is 422 g/mol. The summed E-state index contributed by atoms with van der Waals surface area (Å²) in [5.74, 6) is 1.18. The maximum Gasteiger partial charge on any atom is 0.252 e. The van der Waals surface area contributed by atoms with E-state index >= 15 is 0 Å². The van der Waals surface area contributed by atoms with Crippen LogP contribution < -0.4 is 20.7 Å². The van der Waals surface area contributed by atoms with E-state index in [0.717, 1.165) is 17.7 Å². The van der Waals surface area contributed by atoms with E-state index in [1.165, 1.54) is 0 Å². The highest BCUT2D eigenvalue weighted by molar-refractivity contribution is 6.33. The highest BCUT2D eigenvalue weighted by Crippen LogP contribution is 2.22. The van der Waals surface area contributed by atoms with Gasteiger partial charge in [-0.05, 0) is 36.2 Å². The Morgan fingerprint density at radius 1 is 1.00 bits per heavy atom. The van der Waals surface area contributed by atoms with E-state index in [-0.39, 0.29) is 5.91 Å². The van der Waals surface area contributed by atoms with Crippen molar-refractivity contribution in [2.75, 3.05) is 33.8 Å². The zero-order valence-electron chi connectivity index (χ0n) is 15.9. The number of hydrogen-bond acceptors (Lipinski definition) is 3. The summed E-state index contributed by atoms with van der Waals surface area (Å²) in [5, 5.41) is 10.3. The molecule has 0 aliphatic carbocycles. The van der Waals surface area contributed by atoms with Gasteiger partial charge in [-0.15, -0.1) is 0 Å². The predicted molar refractivity (Wildman–Crippen MR) is 115 cm³/mol. The molecule has 0 fully saturated rings. The van der Waals surface area contributed by atoms with Gasteiger partial charge in [0, 0.05) is 31.7 Å². The van der Waals surface area contributed by atoms with Crippen molar-refractivity contribution in [3.8, 4) is 5.75 Å². The highest BCUT2D eigenvalue weighted by atomic mass is 35.5. The number of carbonyl (C=O) groups is 1. The van der Waals surface area contributed by atoms with Crippen molar-refractivity contribution in [2.45, 2.75) is 6.42 Å². The maximum atomic E-state index is 12.1. The Labute approximate surface area is 175 Å². The summed E-state index contributed by atoms with van der Waals surface area (Å²) >= 11 is 12.3. The Kier molecular flexibility index (Phi) is 8.91. The first-order valence-electron chi connectivity index (χ1n) is 8.84. The van der Waals surface area contributed by atoms with Gasteiger partial charge in [-0.2, -0.15) is 0 Å². The van der Waals surface area contributed by atoms with E-state index in [9.17, 15) is 4.79 Å². The smallest absolute Gasteiger partial charge is 0.252 e. The molecule has 0 spiro atoms. The first kappa shape index (κ1) is 21.9. The van der Waals surface area contributed by atoms with Crippen molar-refractivity contribution in [1.82, 2.24) is 16.0 Å². The number of guanidine groups is 1.